The zero-order chi connectivity index (χ0) is 13.3. The maximum atomic E-state index is 12.1. The highest BCUT2D eigenvalue weighted by molar-refractivity contribution is 5.83. The molecule has 1 amide bonds. The van der Waals surface area contributed by atoms with E-state index in [1.807, 2.05) is 18.2 Å². The molecule has 5 nitrogen and oxygen atoms in total. The first-order valence-electron chi connectivity index (χ1n) is 6.55. The number of hydrogen-bond donors (Lipinski definition) is 3. The molecule has 100 valence electrons. The molecule has 1 fully saturated rings. The summed E-state index contributed by atoms with van der Waals surface area (Å²) in [6.45, 7) is 0.425. The Morgan fingerprint density at radius 2 is 2.32 bits per heavy atom. The quantitative estimate of drug-likeness (QED) is 0.775. The van der Waals surface area contributed by atoms with Crippen molar-refractivity contribution >= 4 is 16.9 Å². The average molecular weight is 259 g/mol. The number of carbonyl (C=O) groups is 1. The van der Waals surface area contributed by atoms with Crippen molar-refractivity contribution in [3.63, 3.8) is 0 Å². The molecule has 3 rings (SSSR count). The summed E-state index contributed by atoms with van der Waals surface area (Å²) in [7, 11) is 0. The molecule has 0 spiro atoms. The number of carbonyl (C=O) groups excluding carboxylic acids is 1. The van der Waals surface area contributed by atoms with Crippen LogP contribution >= 0.6 is 0 Å². The van der Waals surface area contributed by atoms with E-state index in [0.29, 0.717) is 6.54 Å². The van der Waals surface area contributed by atoms with Crippen molar-refractivity contribution in [3.05, 3.63) is 30.1 Å². The van der Waals surface area contributed by atoms with Crippen molar-refractivity contribution in [2.45, 2.75) is 25.8 Å². The van der Waals surface area contributed by atoms with Crippen molar-refractivity contribution in [2.24, 2.45) is 5.41 Å². The lowest BCUT2D eigenvalue weighted by molar-refractivity contribution is -0.139. The van der Waals surface area contributed by atoms with Crippen molar-refractivity contribution < 1.29 is 9.90 Å². The number of aromatic nitrogens is 2. The molecule has 1 aliphatic rings. The molecule has 1 aromatic carbocycles. The summed E-state index contributed by atoms with van der Waals surface area (Å²) < 4.78 is 0. The first-order chi connectivity index (χ1) is 9.23. The first-order valence-corrected chi connectivity index (χ1v) is 6.55. The Hall–Kier alpha value is -1.88. The maximum absolute atomic E-state index is 12.1. The number of aliphatic hydroxyl groups is 1. The first kappa shape index (κ1) is 12.2. The number of aliphatic hydroxyl groups excluding tert-OH is 1. The van der Waals surface area contributed by atoms with Gasteiger partial charge >= 0.3 is 0 Å². The van der Waals surface area contributed by atoms with E-state index < -0.39 is 5.41 Å². The Balaban J connectivity index is 1.66. The van der Waals surface area contributed by atoms with E-state index in [-0.39, 0.29) is 12.5 Å². The van der Waals surface area contributed by atoms with Gasteiger partial charge in [-0.1, -0.05) is 12.5 Å². The Labute approximate surface area is 111 Å². The van der Waals surface area contributed by atoms with Crippen molar-refractivity contribution in [3.8, 4) is 0 Å². The number of amides is 1. The van der Waals surface area contributed by atoms with Crippen LogP contribution in [-0.2, 0) is 11.3 Å². The number of nitrogens with one attached hydrogen (secondary N) is 2. The van der Waals surface area contributed by atoms with Gasteiger partial charge in [0.25, 0.3) is 0 Å². The van der Waals surface area contributed by atoms with Gasteiger partial charge in [0.15, 0.2) is 0 Å². The standard InChI is InChI=1S/C14H17N3O2/c18-8-14(4-1-5-14)13(19)15-7-10-2-3-11-12(6-10)17-9-16-11/h2-3,6,9,18H,1,4-5,7-8H2,(H,15,19)(H,16,17). The molecule has 0 bridgehead atoms. The number of fused-ring (bicyclic) bond motifs is 1. The summed E-state index contributed by atoms with van der Waals surface area (Å²) in [5.74, 6) is -0.0362. The topological polar surface area (TPSA) is 78.0 Å². The van der Waals surface area contributed by atoms with Crippen LogP contribution in [0, 0.1) is 5.41 Å². The second kappa shape index (κ2) is 4.66. The van der Waals surface area contributed by atoms with Crippen LogP contribution in [0.3, 0.4) is 0 Å². The second-order valence-electron chi connectivity index (χ2n) is 5.23. The molecule has 0 saturated heterocycles. The molecule has 19 heavy (non-hydrogen) atoms. The van der Waals surface area contributed by atoms with Gasteiger partial charge in [-0.05, 0) is 30.5 Å². The van der Waals surface area contributed by atoms with Crippen molar-refractivity contribution in [1.82, 2.24) is 15.3 Å². The summed E-state index contributed by atoms with van der Waals surface area (Å²) in [6.07, 6.45) is 4.25. The van der Waals surface area contributed by atoms with E-state index in [1.54, 1.807) is 6.33 Å². The number of benzene rings is 1. The highest BCUT2D eigenvalue weighted by Gasteiger charge is 2.43. The van der Waals surface area contributed by atoms with Gasteiger partial charge in [0.2, 0.25) is 5.91 Å². The highest BCUT2D eigenvalue weighted by atomic mass is 16.3. The summed E-state index contributed by atoms with van der Waals surface area (Å²) in [5.41, 5.74) is 2.38. The number of aromatic amines is 1. The number of H-pyrrole nitrogens is 1. The van der Waals surface area contributed by atoms with E-state index in [1.165, 1.54) is 0 Å². The molecule has 2 aromatic rings. The molecule has 0 radical (unpaired) electrons. The van der Waals surface area contributed by atoms with Crippen LogP contribution in [0.4, 0.5) is 0 Å². The number of nitrogens with zero attached hydrogens (tertiary/aromatic N) is 1. The molecule has 0 aliphatic heterocycles. The molecule has 5 heteroatoms. The lowest BCUT2D eigenvalue weighted by Gasteiger charge is -2.38. The zero-order valence-corrected chi connectivity index (χ0v) is 10.6. The van der Waals surface area contributed by atoms with Crippen LogP contribution in [-0.4, -0.2) is 27.6 Å². The Bertz CT molecular complexity index is 596. The third-order valence-electron chi connectivity index (χ3n) is 4.03. The van der Waals surface area contributed by atoms with Gasteiger partial charge in [-0.3, -0.25) is 4.79 Å². The van der Waals surface area contributed by atoms with Crippen LogP contribution in [0.15, 0.2) is 24.5 Å². The number of rotatable bonds is 4. The van der Waals surface area contributed by atoms with E-state index in [9.17, 15) is 9.90 Å². The van der Waals surface area contributed by atoms with Crippen LogP contribution in [0.2, 0.25) is 0 Å². The van der Waals surface area contributed by atoms with Gasteiger partial charge in [-0.25, -0.2) is 4.98 Å². The fourth-order valence-corrected chi connectivity index (χ4v) is 2.52. The normalized spacial score (nSPS) is 17.1. The van der Waals surface area contributed by atoms with E-state index in [2.05, 4.69) is 15.3 Å². The Morgan fingerprint density at radius 1 is 1.47 bits per heavy atom. The van der Waals surface area contributed by atoms with Gasteiger partial charge < -0.3 is 15.4 Å². The monoisotopic (exact) mass is 259 g/mol. The predicted molar refractivity (Wildman–Crippen MR) is 71.3 cm³/mol. The largest absolute Gasteiger partial charge is 0.395 e. The maximum Gasteiger partial charge on any atom is 0.228 e. The van der Waals surface area contributed by atoms with E-state index in [4.69, 9.17) is 0 Å². The predicted octanol–water partition coefficient (Wildman–Crippen LogP) is 1.34. The van der Waals surface area contributed by atoms with Gasteiger partial charge in [-0.15, -0.1) is 0 Å². The average Bonchev–Trinajstić information content (AvgIpc) is 2.83. The Morgan fingerprint density at radius 3 is 3.00 bits per heavy atom. The number of hydrogen-bond acceptors (Lipinski definition) is 3. The van der Waals surface area contributed by atoms with Gasteiger partial charge in [0.05, 0.1) is 29.4 Å². The lowest BCUT2D eigenvalue weighted by atomic mass is 9.68. The van der Waals surface area contributed by atoms with Crippen LogP contribution in [0.1, 0.15) is 24.8 Å². The summed E-state index contributed by atoms with van der Waals surface area (Å²) in [4.78, 5) is 19.3. The van der Waals surface area contributed by atoms with Crippen LogP contribution in [0.25, 0.3) is 11.0 Å². The van der Waals surface area contributed by atoms with Gasteiger partial charge in [0.1, 0.15) is 0 Å². The molecule has 1 saturated carbocycles. The smallest absolute Gasteiger partial charge is 0.228 e. The molecule has 0 atom stereocenters. The van der Waals surface area contributed by atoms with Crippen LogP contribution in [0.5, 0.6) is 0 Å². The fourth-order valence-electron chi connectivity index (χ4n) is 2.52. The molecule has 0 unspecified atom stereocenters. The third-order valence-corrected chi connectivity index (χ3v) is 4.03. The van der Waals surface area contributed by atoms with Gasteiger partial charge in [-0.2, -0.15) is 0 Å². The highest BCUT2D eigenvalue weighted by Crippen LogP contribution is 2.40. The molecule has 1 aliphatic carbocycles. The summed E-state index contributed by atoms with van der Waals surface area (Å²) >= 11 is 0. The Kier molecular flexibility index (Phi) is 2.98. The summed E-state index contributed by atoms with van der Waals surface area (Å²) in [5, 5.41) is 12.3. The molecule has 3 N–H and O–H groups in total. The minimum atomic E-state index is -0.530. The molecular formula is C14H17N3O2. The van der Waals surface area contributed by atoms with E-state index >= 15 is 0 Å². The van der Waals surface area contributed by atoms with Crippen molar-refractivity contribution in [2.75, 3.05) is 6.61 Å². The zero-order valence-electron chi connectivity index (χ0n) is 10.6. The van der Waals surface area contributed by atoms with Crippen molar-refractivity contribution in [1.29, 1.82) is 0 Å². The molecular weight excluding hydrogens is 242 g/mol. The second-order valence-corrected chi connectivity index (χ2v) is 5.23. The minimum absolute atomic E-state index is 0.0362. The SMILES string of the molecule is O=C(NCc1ccc2nc[nH]c2c1)C1(CO)CCC1. The fraction of sp³-hybridized carbons (Fsp3) is 0.429. The molecule has 1 heterocycles. The van der Waals surface area contributed by atoms with E-state index in [0.717, 1.165) is 35.9 Å². The molecule has 1 aromatic heterocycles. The lowest BCUT2D eigenvalue weighted by Crippen LogP contribution is -2.47. The summed E-state index contributed by atoms with van der Waals surface area (Å²) in [6, 6.07) is 5.86. The van der Waals surface area contributed by atoms with Crippen LogP contribution < -0.4 is 5.32 Å². The number of imidazole rings is 1. The van der Waals surface area contributed by atoms with Gasteiger partial charge in [0, 0.05) is 6.54 Å². The minimum Gasteiger partial charge on any atom is -0.395 e. The third kappa shape index (κ3) is 2.10.